The summed E-state index contributed by atoms with van der Waals surface area (Å²) in [6, 6.07) is 1.04. The second kappa shape index (κ2) is 3.46. The van der Waals surface area contributed by atoms with E-state index in [1.54, 1.807) is 22.6 Å². The molecule has 0 saturated carbocycles. The Kier molecular flexibility index (Phi) is 2.80. The van der Waals surface area contributed by atoms with E-state index in [4.69, 9.17) is 10.0 Å². The van der Waals surface area contributed by atoms with Crippen LogP contribution < -0.4 is 5.46 Å². The Labute approximate surface area is 76.6 Å². The number of nitrogens with zero attached hydrogens (tertiary/aromatic N) is 1. The molecule has 0 bridgehead atoms. The van der Waals surface area contributed by atoms with Crippen LogP contribution in [0.3, 0.4) is 0 Å². The second-order valence-corrected chi connectivity index (χ2v) is 2.93. The van der Waals surface area contributed by atoms with Crippen molar-refractivity contribution in [2.24, 2.45) is 0 Å². The molecule has 58 valence electrons. The third-order valence-corrected chi connectivity index (χ3v) is 2.01. The minimum atomic E-state index is -1.66. The molecular weight excluding hydrogens is 263 g/mol. The van der Waals surface area contributed by atoms with Crippen LogP contribution in [0.2, 0.25) is 0 Å². The summed E-state index contributed by atoms with van der Waals surface area (Å²) < 4.78 is 12.8. The van der Waals surface area contributed by atoms with Crippen LogP contribution in [-0.2, 0) is 0 Å². The van der Waals surface area contributed by atoms with Gasteiger partial charge in [0.25, 0.3) is 0 Å². The van der Waals surface area contributed by atoms with E-state index < -0.39 is 12.9 Å². The van der Waals surface area contributed by atoms with Crippen molar-refractivity contribution in [3.63, 3.8) is 0 Å². The van der Waals surface area contributed by atoms with Crippen LogP contribution in [0, 0.1) is 9.52 Å². The van der Waals surface area contributed by atoms with Crippen molar-refractivity contribution in [2.75, 3.05) is 0 Å². The van der Waals surface area contributed by atoms with Gasteiger partial charge in [0.05, 0.1) is 6.20 Å². The molecule has 0 aliphatic carbocycles. The fourth-order valence-electron chi connectivity index (χ4n) is 0.619. The Morgan fingerprint density at radius 2 is 2.18 bits per heavy atom. The van der Waals surface area contributed by atoms with Crippen molar-refractivity contribution in [3.05, 3.63) is 21.8 Å². The van der Waals surface area contributed by atoms with Crippen LogP contribution in [0.25, 0.3) is 0 Å². The summed E-state index contributed by atoms with van der Waals surface area (Å²) >= 11 is 1.79. The number of rotatable bonds is 1. The molecule has 0 amide bonds. The fraction of sp³-hybridized carbons (Fsp3) is 0. The van der Waals surface area contributed by atoms with Crippen molar-refractivity contribution in [3.8, 4) is 0 Å². The smallest absolute Gasteiger partial charge is 0.423 e. The molecule has 2 N–H and O–H groups in total. The Bertz CT molecular complexity index is 271. The van der Waals surface area contributed by atoms with E-state index in [0.29, 0.717) is 3.70 Å². The lowest BCUT2D eigenvalue weighted by Crippen LogP contribution is -2.33. The summed E-state index contributed by atoms with van der Waals surface area (Å²) in [6.07, 6.45) is 1.02. The molecule has 3 nitrogen and oxygen atoms in total. The lowest BCUT2D eigenvalue weighted by atomic mass is 9.82. The Morgan fingerprint density at radius 3 is 2.64 bits per heavy atom. The molecule has 0 saturated heterocycles. The normalized spacial score (nSPS) is 9.82. The highest BCUT2D eigenvalue weighted by atomic mass is 127. The molecule has 6 heteroatoms. The Balaban J connectivity index is 3.13. The third-order valence-electron chi connectivity index (χ3n) is 1.11. The number of pyridine rings is 1. The predicted octanol–water partition coefficient (Wildman–Crippen LogP) is -0.495. The van der Waals surface area contributed by atoms with Gasteiger partial charge in [-0.3, -0.25) is 0 Å². The van der Waals surface area contributed by atoms with Gasteiger partial charge in [-0.15, -0.1) is 0 Å². The van der Waals surface area contributed by atoms with Gasteiger partial charge in [-0.1, -0.05) is 0 Å². The van der Waals surface area contributed by atoms with E-state index in [2.05, 4.69) is 4.98 Å². The lowest BCUT2D eigenvalue weighted by molar-refractivity contribution is 0.425. The van der Waals surface area contributed by atoms with Crippen LogP contribution in [0.5, 0.6) is 0 Å². The molecule has 1 aromatic rings. The molecule has 0 aliphatic heterocycles. The van der Waals surface area contributed by atoms with E-state index in [9.17, 15) is 4.39 Å². The molecule has 1 rings (SSSR count). The van der Waals surface area contributed by atoms with Gasteiger partial charge >= 0.3 is 7.12 Å². The van der Waals surface area contributed by atoms with Crippen LogP contribution >= 0.6 is 22.6 Å². The fourth-order valence-corrected chi connectivity index (χ4v) is 1.19. The number of hydrogen-bond acceptors (Lipinski definition) is 3. The van der Waals surface area contributed by atoms with Crippen LogP contribution in [0.4, 0.5) is 4.39 Å². The van der Waals surface area contributed by atoms with Gasteiger partial charge < -0.3 is 10.0 Å². The van der Waals surface area contributed by atoms with Gasteiger partial charge in [0, 0.05) is 5.46 Å². The Morgan fingerprint density at radius 1 is 1.55 bits per heavy atom. The summed E-state index contributed by atoms with van der Waals surface area (Å²) in [4.78, 5) is 3.59. The first-order valence-electron chi connectivity index (χ1n) is 2.78. The Hall–Kier alpha value is -0.205. The summed E-state index contributed by atoms with van der Waals surface area (Å²) in [5.41, 5.74) is 0.0885. The maximum absolute atomic E-state index is 12.4. The average Bonchev–Trinajstić information content (AvgIpc) is 1.94. The van der Waals surface area contributed by atoms with Gasteiger partial charge in [0.1, 0.15) is 9.52 Å². The quantitative estimate of drug-likeness (QED) is 0.410. The standard InChI is InChI=1S/C5H4BFINO2/c7-3-1-4(6(10)11)5(8)9-2-3/h1-2,10-11H. The summed E-state index contributed by atoms with van der Waals surface area (Å²) in [5, 5.41) is 17.3. The van der Waals surface area contributed by atoms with Crippen molar-refractivity contribution in [1.82, 2.24) is 4.98 Å². The second-order valence-electron chi connectivity index (χ2n) is 1.91. The van der Waals surface area contributed by atoms with Crippen molar-refractivity contribution >= 4 is 35.2 Å². The molecule has 0 aliphatic rings. The molecule has 1 aromatic heterocycles. The monoisotopic (exact) mass is 267 g/mol. The maximum Gasteiger partial charge on any atom is 0.491 e. The first kappa shape index (κ1) is 8.89. The van der Waals surface area contributed by atoms with Crippen molar-refractivity contribution < 1.29 is 14.4 Å². The van der Waals surface area contributed by atoms with Gasteiger partial charge in [0.15, 0.2) is 0 Å². The van der Waals surface area contributed by atoms with Gasteiger partial charge in [-0.25, -0.2) is 9.37 Å². The summed E-state index contributed by atoms with van der Waals surface area (Å²) in [5.74, 6) is -0.575. The molecular formula is C5H4BFINO2. The zero-order valence-corrected chi connectivity index (χ0v) is 7.49. The summed E-state index contributed by atoms with van der Waals surface area (Å²) in [7, 11) is -1.66. The van der Waals surface area contributed by atoms with Crippen LogP contribution in [0.1, 0.15) is 0 Å². The molecule has 0 aromatic carbocycles. The highest BCUT2D eigenvalue weighted by Gasteiger charge is 2.16. The summed E-state index contributed by atoms with van der Waals surface area (Å²) in [6.45, 7) is 0. The van der Waals surface area contributed by atoms with Crippen LogP contribution in [-0.4, -0.2) is 22.2 Å². The minimum Gasteiger partial charge on any atom is -0.423 e. The average molecular weight is 267 g/mol. The molecule has 0 atom stereocenters. The molecule has 0 unspecified atom stereocenters. The number of hydrogen-bond donors (Lipinski definition) is 2. The first-order valence-corrected chi connectivity index (χ1v) is 3.86. The molecule has 0 spiro atoms. The molecule has 0 radical (unpaired) electrons. The van der Waals surface area contributed by atoms with E-state index in [1.807, 2.05) is 0 Å². The third kappa shape index (κ3) is 2.11. The number of aromatic nitrogens is 1. The van der Waals surface area contributed by atoms with Crippen molar-refractivity contribution in [2.45, 2.75) is 0 Å². The van der Waals surface area contributed by atoms with Gasteiger partial charge in [-0.05, 0) is 28.7 Å². The zero-order chi connectivity index (χ0) is 8.43. The van der Waals surface area contributed by atoms with Crippen molar-refractivity contribution in [1.29, 1.82) is 0 Å². The highest BCUT2D eigenvalue weighted by molar-refractivity contribution is 14.1. The molecule has 11 heavy (non-hydrogen) atoms. The van der Waals surface area contributed by atoms with E-state index >= 15 is 0 Å². The zero-order valence-electron chi connectivity index (χ0n) is 5.33. The first-order chi connectivity index (χ1) is 5.11. The maximum atomic E-state index is 12.4. The van der Waals surface area contributed by atoms with E-state index in [-0.39, 0.29) is 5.46 Å². The van der Waals surface area contributed by atoms with E-state index in [1.165, 1.54) is 0 Å². The van der Waals surface area contributed by atoms with Crippen LogP contribution in [0.15, 0.2) is 12.3 Å². The molecule has 1 heterocycles. The van der Waals surface area contributed by atoms with Gasteiger partial charge in [-0.2, -0.15) is 0 Å². The molecule has 0 fully saturated rings. The van der Waals surface area contributed by atoms with Gasteiger partial charge in [0.2, 0.25) is 0 Å². The lowest BCUT2D eigenvalue weighted by Gasteiger charge is -2.00. The predicted molar refractivity (Wildman–Crippen MR) is 46.7 cm³/mol. The topological polar surface area (TPSA) is 53.4 Å². The van der Waals surface area contributed by atoms with E-state index in [0.717, 1.165) is 12.3 Å². The largest absolute Gasteiger partial charge is 0.491 e. The SMILES string of the molecule is OB(O)c1cc(F)cnc1I. The highest BCUT2D eigenvalue weighted by Crippen LogP contribution is 1.99. The minimum absolute atomic E-state index is 0.0885. The number of halogens is 2.